The van der Waals surface area contributed by atoms with Crippen molar-refractivity contribution in [1.29, 1.82) is 0 Å². The molecule has 3 aromatic heterocycles. The molecule has 2 N–H and O–H groups in total. The molecule has 1 aromatic carbocycles. The molecule has 0 saturated heterocycles. The van der Waals surface area contributed by atoms with Gasteiger partial charge in [0.1, 0.15) is 11.2 Å². The minimum absolute atomic E-state index is 0.126. The minimum Gasteiger partial charge on any atom is -0.354 e. The van der Waals surface area contributed by atoms with Crippen LogP contribution in [0.2, 0.25) is 0 Å². The summed E-state index contributed by atoms with van der Waals surface area (Å²) in [4.78, 5) is 35.1. The van der Waals surface area contributed by atoms with E-state index in [0.29, 0.717) is 22.6 Å². The van der Waals surface area contributed by atoms with Crippen molar-refractivity contribution in [1.82, 2.24) is 19.4 Å². The molecule has 6 heteroatoms. The molecule has 5 rings (SSSR count). The number of carbonyl (C=O) groups is 1. The fraction of sp³-hybridized carbons (Fsp3) is 0.278. The van der Waals surface area contributed by atoms with Crippen LogP contribution < -0.4 is 5.43 Å². The summed E-state index contributed by atoms with van der Waals surface area (Å²) in [6.45, 7) is 1.95. The lowest BCUT2D eigenvalue weighted by Gasteiger charge is -2.25. The van der Waals surface area contributed by atoms with E-state index in [4.69, 9.17) is 0 Å². The Bertz CT molecular complexity index is 1190. The smallest absolute Gasteiger partial charge is 0.206 e. The molecule has 4 aromatic rings. The zero-order chi connectivity index (χ0) is 16.4. The van der Waals surface area contributed by atoms with Gasteiger partial charge in [0.25, 0.3) is 0 Å². The molecule has 1 aliphatic rings. The van der Waals surface area contributed by atoms with Crippen LogP contribution in [0.1, 0.15) is 46.8 Å². The second-order valence-corrected chi connectivity index (χ2v) is 6.60. The van der Waals surface area contributed by atoms with Crippen molar-refractivity contribution in [2.75, 3.05) is 0 Å². The van der Waals surface area contributed by atoms with Crippen molar-refractivity contribution in [2.24, 2.45) is 0 Å². The van der Waals surface area contributed by atoms with Gasteiger partial charge < -0.3 is 9.97 Å². The number of imidazole rings is 1. The first-order valence-electron chi connectivity index (χ1n) is 8.19. The number of hydrogen-bond donors (Lipinski definition) is 2. The van der Waals surface area contributed by atoms with E-state index >= 15 is 0 Å². The number of hydrogen-bond acceptors (Lipinski definition) is 3. The largest absolute Gasteiger partial charge is 0.354 e. The third kappa shape index (κ3) is 1.57. The molecule has 120 valence electrons. The van der Waals surface area contributed by atoms with Gasteiger partial charge in [0.2, 0.25) is 5.43 Å². The summed E-state index contributed by atoms with van der Waals surface area (Å²) in [5.41, 5.74) is 5.68. The summed E-state index contributed by atoms with van der Waals surface area (Å²) >= 11 is 0. The third-order valence-electron chi connectivity index (χ3n) is 5.24. The van der Waals surface area contributed by atoms with Crippen molar-refractivity contribution >= 4 is 34.1 Å². The summed E-state index contributed by atoms with van der Waals surface area (Å²) in [7, 11) is 0. The van der Waals surface area contributed by atoms with E-state index in [1.54, 1.807) is 6.07 Å². The lowest BCUT2D eigenvalue weighted by Crippen LogP contribution is -2.11. The van der Waals surface area contributed by atoms with Gasteiger partial charge >= 0.3 is 0 Å². The van der Waals surface area contributed by atoms with E-state index in [1.807, 2.05) is 17.5 Å². The molecule has 1 saturated carbocycles. The Hall–Kier alpha value is -2.89. The van der Waals surface area contributed by atoms with Gasteiger partial charge in [-0.05, 0) is 31.4 Å². The zero-order valence-corrected chi connectivity index (χ0v) is 13.2. The number of aryl methyl sites for hydroxylation is 1. The van der Waals surface area contributed by atoms with Crippen LogP contribution >= 0.6 is 0 Å². The molecule has 6 nitrogen and oxygen atoms in total. The number of nitrogens with one attached hydrogen (secondary N) is 2. The van der Waals surface area contributed by atoms with Gasteiger partial charge in [-0.25, -0.2) is 4.98 Å². The molecular weight excluding hydrogens is 304 g/mol. The van der Waals surface area contributed by atoms with Crippen LogP contribution in [0.15, 0.2) is 23.1 Å². The SMILES string of the molecule is Cc1ccc(=O)c2nc3c(C=O)c4[nH]c(C5CCC5)c[nH]c4n3c12. The van der Waals surface area contributed by atoms with E-state index in [0.717, 1.165) is 34.2 Å². The fourth-order valence-corrected chi connectivity index (χ4v) is 3.70. The standard InChI is InChI=1S/C18H16N4O2/c1-9-5-6-13(24)15-16(9)22-17(21-15)11(8-23)14-18(22)19-7-12(20-14)10-3-2-4-10/h5-8,10,19-20H,2-4H2,1H3. The third-order valence-corrected chi connectivity index (χ3v) is 5.24. The van der Waals surface area contributed by atoms with Gasteiger partial charge in [-0.15, -0.1) is 0 Å². The highest BCUT2D eigenvalue weighted by Crippen LogP contribution is 2.36. The summed E-state index contributed by atoms with van der Waals surface area (Å²) in [6.07, 6.45) is 6.38. The van der Waals surface area contributed by atoms with Crippen LogP contribution in [0.4, 0.5) is 0 Å². The molecule has 0 spiro atoms. The molecular formula is C18H16N4O2. The monoisotopic (exact) mass is 320 g/mol. The molecule has 0 atom stereocenters. The lowest BCUT2D eigenvalue weighted by molar-refractivity contribution is 0.112. The summed E-state index contributed by atoms with van der Waals surface area (Å²) in [5.74, 6) is 0.527. The Balaban J connectivity index is 1.96. The van der Waals surface area contributed by atoms with Gasteiger partial charge in [-0.3, -0.25) is 14.0 Å². The Morgan fingerprint density at radius 3 is 2.88 bits per heavy atom. The van der Waals surface area contributed by atoms with Crippen LogP contribution in [0.25, 0.3) is 27.8 Å². The highest BCUT2D eigenvalue weighted by molar-refractivity contribution is 6.05. The average molecular weight is 320 g/mol. The minimum atomic E-state index is -0.126. The molecule has 0 radical (unpaired) electrons. The highest BCUT2D eigenvalue weighted by Gasteiger charge is 2.24. The molecule has 0 bridgehead atoms. The lowest BCUT2D eigenvalue weighted by atomic mass is 9.83. The number of aromatic nitrogens is 4. The molecule has 1 fully saturated rings. The second-order valence-electron chi connectivity index (χ2n) is 6.60. The topological polar surface area (TPSA) is 83.0 Å². The van der Waals surface area contributed by atoms with E-state index in [2.05, 4.69) is 15.0 Å². The maximum atomic E-state index is 12.1. The Labute approximate surface area is 136 Å². The normalized spacial score (nSPS) is 15.4. The van der Waals surface area contributed by atoms with Crippen LogP contribution in [-0.4, -0.2) is 25.6 Å². The predicted molar refractivity (Wildman–Crippen MR) is 91.9 cm³/mol. The Morgan fingerprint density at radius 2 is 2.17 bits per heavy atom. The van der Waals surface area contributed by atoms with Crippen molar-refractivity contribution in [2.45, 2.75) is 32.1 Å². The first-order chi connectivity index (χ1) is 11.7. The molecule has 0 unspecified atom stereocenters. The second kappa shape index (κ2) is 4.56. The fourth-order valence-electron chi connectivity index (χ4n) is 3.70. The van der Waals surface area contributed by atoms with Gasteiger partial charge in [-0.2, -0.15) is 0 Å². The highest BCUT2D eigenvalue weighted by atomic mass is 16.1. The Morgan fingerprint density at radius 1 is 1.33 bits per heavy atom. The van der Waals surface area contributed by atoms with Crippen molar-refractivity contribution in [3.63, 3.8) is 0 Å². The van der Waals surface area contributed by atoms with Gasteiger partial charge in [0, 0.05) is 17.8 Å². The quantitative estimate of drug-likeness (QED) is 0.557. The van der Waals surface area contributed by atoms with Gasteiger partial charge in [0.15, 0.2) is 11.9 Å². The number of aldehydes is 1. The maximum Gasteiger partial charge on any atom is 0.206 e. The number of carbonyl (C=O) groups excluding carboxylic acids is 1. The van der Waals surface area contributed by atoms with Crippen LogP contribution in [0.5, 0.6) is 0 Å². The molecule has 1 aliphatic carbocycles. The molecule has 24 heavy (non-hydrogen) atoms. The summed E-state index contributed by atoms with van der Waals surface area (Å²) in [6, 6.07) is 3.32. The average Bonchev–Trinajstić information content (AvgIpc) is 3.04. The van der Waals surface area contributed by atoms with E-state index < -0.39 is 0 Å². The van der Waals surface area contributed by atoms with Gasteiger partial charge in [0.05, 0.1) is 16.6 Å². The van der Waals surface area contributed by atoms with Crippen molar-refractivity contribution < 1.29 is 4.79 Å². The number of fused-ring (bicyclic) bond motifs is 5. The maximum absolute atomic E-state index is 12.1. The molecule has 0 aliphatic heterocycles. The van der Waals surface area contributed by atoms with Crippen LogP contribution in [-0.2, 0) is 0 Å². The van der Waals surface area contributed by atoms with Crippen LogP contribution in [0.3, 0.4) is 0 Å². The van der Waals surface area contributed by atoms with Crippen LogP contribution in [0, 0.1) is 6.92 Å². The number of aromatic amines is 2. The van der Waals surface area contributed by atoms with Crippen molar-refractivity contribution in [3.05, 3.63) is 45.4 Å². The summed E-state index contributed by atoms with van der Waals surface area (Å²) < 4.78 is 1.88. The number of H-pyrrole nitrogens is 2. The number of benzene rings is 1. The predicted octanol–water partition coefficient (Wildman–Crippen LogP) is 3.05. The first kappa shape index (κ1) is 13.5. The number of nitrogens with zero attached hydrogens (tertiary/aromatic N) is 2. The molecule has 0 amide bonds. The van der Waals surface area contributed by atoms with E-state index in [9.17, 15) is 9.59 Å². The van der Waals surface area contributed by atoms with Gasteiger partial charge in [-0.1, -0.05) is 12.5 Å². The zero-order valence-electron chi connectivity index (χ0n) is 13.2. The number of rotatable bonds is 2. The first-order valence-corrected chi connectivity index (χ1v) is 8.19. The Kier molecular flexibility index (Phi) is 2.58. The van der Waals surface area contributed by atoms with Crippen molar-refractivity contribution in [3.8, 4) is 0 Å². The van der Waals surface area contributed by atoms with E-state index in [-0.39, 0.29) is 5.43 Å². The van der Waals surface area contributed by atoms with E-state index in [1.165, 1.54) is 25.3 Å². The molecule has 3 heterocycles. The summed E-state index contributed by atoms with van der Waals surface area (Å²) in [5, 5.41) is 0.